The third-order valence-electron chi connectivity index (χ3n) is 1.72. The minimum atomic E-state index is 0.764. The Bertz CT molecular complexity index is 389. The number of nitrogen functional groups attached to an aromatic ring is 1. The maximum absolute atomic E-state index is 5.71. The molecule has 0 bridgehead atoms. The van der Waals surface area contributed by atoms with Crippen molar-refractivity contribution in [3.63, 3.8) is 0 Å². The van der Waals surface area contributed by atoms with Gasteiger partial charge in [-0.2, -0.15) is 0 Å². The lowest BCUT2D eigenvalue weighted by molar-refractivity contribution is 1.23. The number of thiazole rings is 1. The Balaban J connectivity index is 2.48. The number of hydrogen-bond acceptors (Lipinski definition) is 4. The molecular formula is C9H9N3S. The normalized spacial score (nSPS) is 10.2. The van der Waals surface area contributed by atoms with Gasteiger partial charge in [-0.05, 0) is 19.1 Å². The summed E-state index contributed by atoms with van der Waals surface area (Å²) < 4.78 is 0. The van der Waals surface area contributed by atoms with E-state index in [0.29, 0.717) is 0 Å². The van der Waals surface area contributed by atoms with Crippen molar-refractivity contribution in [2.75, 3.05) is 5.73 Å². The molecule has 4 heteroatoms. The molecule has 2 rings (SSSR count). The summed E-state index contributed by atoms with van der Waals surface area (Å²) >= 11 is 1.47. The Hall–Kier alpha value is -1.42. The van der Waals surface area contributed by atoms with Crippen LogP contribution < -0.4 is 5.73 Å². The largest absolute Gasteiger partial charge is 0.389 e. The van der Waals surface area contributed by atoms with E-state index in [0.717, 1.165) is 21.4 Å². The fourth-order valence-electron chi connectivity index (χ4n) is 1.01. The lowest BCUT2D eigenvalue weighted by Crippen LogP contribution is -1.82. The van der Waals surface area contributed by atoms with E-state index in [9.17, 15) is 0 Å². The first-order chi connectivity index (χ1) is 6.27. The summed E-state index contributed by atoms with van der Waals surface area (Å²) in [7, 11) is 0. The van der Waals surface area contributed by atoms with Gasteiger partial charge in [-0.15, -0.1) is 0 Å². The third kappa shape index (κ3) is 1.53. The molecule has 0 radical (unpaired) electrons. The fraction of sp³-hybridized carbons (Fsp3) is 0.111. The molecule has 2 N–H and O–H groups in total. The first-order valence-electron chi connectivity index (χ1n) is 3.91. The summed E-state index contributed by atoms with van der Waals surface area (Å²) in [5, 5.41) is 1.65. The summed E-state index contributed by atoms with van der Waals surface area (Å²) in [6.45, 7) is 1.90. The van der Waals surface area contributed by atoms with Crippen molar-refractivity contribution < 1.29 is 0 Å². The van der Waals surface area contributed by atoms with Gasteiger partial charge in [0.15, 0.2) is 0 Å². The predicted octanol–water partition coefficient (Wildman–Crippen LogP) is 2.10. The van der Waals surface area contributed by atoms with Crippen LogP contribution in [0.4, 0.5) is 5.00 Å². The second kappa shape index (κ2) is 3.14. The van der Waals surface area contributed by atoms with Crippen LogP contribution in [0.2, 0.25) is 0 Å². The van der Waals surface area contributed by atoms with Crippen molar-refractivity contribution in [1.29, 1.82) is 0 Å². The van der Waals surface area contributed by atoms with E-state index in [1.165, 1.54) is 11.3 Å². The molecule has 0 saturated carbocycles. The Morgan fingerprint density at radius 3 is 2.77 bits per heavy atom. The zero-order valence-electron chi connectivity index (χ0n) is 7.19. The standard InChI is InChI=1S/C9H9N3S/c1-6-8(10)13-9(12-6)7-4-2-3-5-11-7/h2-5H,10H2,1H3. The van der Waals surface area contributed by atoms with Crippen LogP contribution >= 0.6 is 11.3 Å². The lowest BCUT2D eigenvalue weighted by atomic mass is 10.4. The van der Waals surface area contributed by atoms with Crippen LogP contribution in [0, 0.1) is 6.92 Å². The van der Waals surface area contributed by atoms with Crippen molar-refractivity contribution in [1.82, 2.24) is 9.97 Å². The summed E-state index contributed by atoms with van der Waals surface area (Å²) in [5.41, 5.74) is 7.47. The van der Waals surface area contributed by atoms with Crippen molar-refractivity contribution in [3.8, 4) is 10.7 Å². The molecule has 2 aromatic rings. The van der Waals surface area contributed by atoms with Gasteiger partial charge in [-0.25, -0.2) is 4.98 Å². The van der Waals surface area contributed by atoms with Crippen LogP contribution in [0.25, 0.3) is 10.7 Å². The van der Waals surface area contributed by atoms with Crippen LogP contribution in [0.1, 0.15) is 5.69 Å². The molecule has 0 unspecified atom stereocenters. The van der Waals surface area contributed by atoms with Gasteiger partial charge in [-0.1, -0.05) is 17.4 Å². The highest BCUT2D eigenvalue weighted by Crippen LogP contribution is 2.27. The molecule has 0 aliphatic rings. The summed E-state index contributed by atoms with van der Waals surface area (Å²) in [5.74, 6) is 0. The molecule has 0 spiro atoms. The fourth-order valence-corrected chi connectivity index (χ4v) is 1.82. The van der Waals surface area contributed by atoms with Crippen molar-refractivity contribution in [3.05, 3.63) is 30.1 Å². The van der Waals surface area contributed by atoms with Crippen LogP contribution in [0.3, 0.4) is 0 Å². The lowest BCUT2D eigenvalue weighted by Gasteiger charge is -1.91. The molecule has 0 atom stereocenters. The van der Waals surface area contributed by atoms with Crippen molar-refractivity contribution >= 4 is 16.3 Å². The van der Waals surface area contributed by atoms with Crippen LogP contribution in [0.5, 0.6) is 0 Å². The summed E-state index contributed by atoms with van der Waals surface area (Å²) in [6, 6.07) is 5.75. The molecule has 0 aliphatic carbocycles. The molecule has 0 saturated heterocycles. The Labute approximate surface area is 80.3 Å². The van der Waals surface area contributed by atoms with E-state index in [1.54, 1.807) is 6.20 Å². The van der Waals surface area contributed by atoms with Gasteiger partial charge < -0.3 is 5.73 Å². The van der Waals surface area contributed by atoms with Gasteiger partial charge >= 0.3 is 0 Å². The second-order valence-electron chi connectivity index (χ2n) is 2.68. The molecule has 2 heterocycles. The number of nitrogens with zero attached hydrogens (tertiary/aromatic N) is 2. The zero-order chi connectivity index (χ0) is 9.26. The highest BCUT2D eigenvalue weighted by Gasteiger charge is 2.06. The highest BCUT2D eigenvalue weighted by atomic mass is 32.1. The highest BCUT2D eigenvalue weighted by molar-refractivity contribution is 7.18. The van der Waals surface area contributed by atoms with Gasteiger partial charge in [-0.3, -0.25) is 4.98 Å². The molecule has 3 nitrogen and oxygen atoms in total. The smallest absolute Gasteiger partial charge is 0.144 e. The zero-order valence-corrected chi connectivity index (χ0v) is 8.01. The van der Waals surface area contributed by atoms with E-state index in [1.807, 2.05) is 25.1 Å². The quantitative estimate of drug-likeness (QED) is 0.751. The average Bonchev–Trinajstić information content (AvgIpc) is 2.49. The molecule has 2 aromatic heterocycles. The summed E-state index contributed by atoms with van der Waals surface area (Å²) in [4.78, 5) is 8.51. The SMILES string of the molecule is Cc1nc(-c2ccccn2)sc1N. The second-order valence-corrected chi connectivity index (χ2v) is 3.71. The van der Waals surface area contributed by atoms with Crippen LogP contribution in [0.15, 0.2) is 24.4 Å². The number of aromatic nitrogens is 2. The van der Waals surface area contributed by atoms with Gasteiger partial charge in [0, 0.05) is 6.20 Å². The van der Waals surface area contributed by atoms with Crippen molar-refractivity contribution in [2.45, 2.75) is 6.92 Å². The topological polar surface area (TPSA) is 51.8 Å². The Kier molecular flexibility index (Phi) is 1.98. The van der Waals surface area contributed by atoms with E-state index in [-0.39, 0.29) is 0 Å². The molecule has 0 aromatic carbocycles. The predicted molar refractivity (Wildman–Crippen MR) is 54.5 cm³/mol. The van der Waals surface area contributed by atoms with Crippen LogP contribution in [-0.2, 0) is 0 Å². The minimum absolute atomic E-state index is 0.764. The molecule has 66 valence electrons. The molecule has 13 heavy (non-hydrogen) atoms. The monoisotopic (exact) mass is 191 g/mol. The van der Waals surface area contributed by atoms with Gasteiger partial charge in [0.25, 0.3) is 0 Å². The molecular weight excluding hydrogens is 182 g/mol. The number of rotatable bonds is 1. The maximum atomic E-state index is 5.71. The third-order valence-corrected chi connectivity index (χ3v) is 2.73. The molecule has 0 amide bonds. The number of aryl methyl sites for hydroxylation is 1. The van der Waals surface area contributed by atoms with Crippen LogP contribution in [-0.4, -0.2) is 9.97 Å². The number of pyridine rings is 1. The van der Waals surface area contributed by atoms with Crippen molar-refractivity contribution in [2.24, 2.45) is 0 Å². The van der Waals surface area contributed by atoms with Gasteiger partial charge in [0.1, 0.15) is 10.0 Å². The number of hydrogen-bond donors (Lipinski definition) is 1. The molecule has 0 aliphatic heterocycles. The molecule has 0 fully saturated rings. The van der Waals surface area contributed by atoms with E-state index >= 15 is 0 Å². The maximum Gasteiger partial charge on any atom is 0.144 e. The minimum Gasteiger partial charge on any atom is -0.389 e. The number of anilines is 1. The summed E-state index contributed by atoms with van der Waals surface area (Å²) in [6.07, 6.45) is 1.75. The van der Waals surface area contributed by atoms with Gasteiger partial charge in [0.2, 0.25) is 0 Å². The Morgan fingerprint density at radius 2 is 2.23 bits per heavy atom. The first-order valence-corrected chi connectivity index (χ1v) is 4.73. The Morgan fingerprint density at radius 1 is 1.38 bits per heavy atom. The number of nitrogens with two attached hydrogens (primary N) is 1. The van der Waals surface area contributed by atoms with E-state index in [4.69, 9.17) is 5.73 Å². The first kappa shape index (κ1) is 8.19. The van der Waals surface area contributed by atoms with Gasteiger partial charge in [0.05, 0.1) is 11.4 Å². The van der Waals surface area contributed by atoms with E-state index in [2.05, 4.69) is 9.97 Å². The van der Waals surface area contributed by atoms with E-state index < -0.39 is 0 Å². The average molecular weight is 191 g/mol.